The molecule has 0 radical (unpaired) electrons. The lowest BCUT2D eigenvalue weighted by molar-refractivity contribution is 0.0644. The van der Waals surface area contributed by atoms with Crippen LogP contribution in [0.4, 0.5) is 0 Å². The minimum Gasteiger partial charge on any atom is -0.459 e. The van der Waals surface area contributed by atoms with Crippen molar-refractivity contribution in [1.29, 1.82) is 0 Å². The predicted octanol–water partition coefficient (Wildman–Crippen LogP) is 5.99. The summed E-state index contributed by atoms with van der Waals surface area (Å²) in [5, 5.41) is 0.548. The van der Waals surface area contributed by atoms with Gasteiger partial charge in [-0.15, -0.1) is 0 Å². The van der Waals surface area contributed by atoms with Crippen LogP contribution in [-0.4, -0.2) is 26.9 Å². The van der Waals surface area contributed by atoms with Crippen LogP contribution in [0, 0.1) is 13.8 Å². The highest BCUT2D eigenvalue weighted by molar-refractivity contribution is 5.91. The van der Waals surface area contributed by atoms with E-state index >= 15 is 0 Å². The first-order valence-corrected chi connectivity index (χ1v) is 11.9. The van der Waals surface area contributed by atoms with Gasteiger partial charge in [0.2, 0.25) is 0 Å². The number of aromatic nitrogens is 2. The summed E-state index contributed by atoms with van der Waals surface area (Å²) in [6.07, 6.45) is 4.40. The minimum atomic E-state index is -0.451. The number of fused-ring (bicyclic) bond motifs is 1. The molecule has 6 heteroatoms. The van der Waals surface area contributed by atoms with Crippen molar-refractivity contribution in [2.24, 2.45) is 0 Å². The van der Waals surface area contributed by atoms with Gasteiger partial charge in [-0.25, -0.2) is 4.98 Å². The molecule has 2 heterocycles. The number of rotatable bonds is 8. The first-order valence-electron chi connectivity index (χ1n) is 11.9. The molecule has 4 rings (SSSR count). The van der Waals surface area contributed by atoms with E-state index in [1.807, 2.05) is 57.2 Å². The highest BCUT2D eigenvalue weighted by Crippen LogP contribution is 2.26. The lowest BCUT2D eigenvalue weighted by atomic mass is 10.1. The normalized spacial score (nSPS) is 12.1. The number of carbonyl (C=O) groups excluding carboxylic acids is 1. The fraction of sp³-hybridized carbons (Fsp3) is 0.321. The standard InChI is InChI=1S/C28H31N3O3/c1-5-6-9-16-30(28(33)25-13-10-17-34-25)21(4)26-29-24-12-8-7-11-23(24)27(32)31(26)22-15-14-19(2)20(3)18-22/h7-8,10-15,17-18,21H,5-6,9,16H2,1-4H3. The molecule has 34 heavy (non-hydrogen) atoms. The van der Waals surface area contributed by atoms with Gasteiger partial charge in [0.05, 0.1) is 28.9 Å². The minimum absolute atomic E-state index is 0.144. The first-order chi connectivity index (χ1) is 16.4. The molecule has 1 unspecified atom stereocenters. The van der Waals surface area contributed by atoms with Gasteiger partial charge in [-0.1, -0.05) is 38.0 Å². The summed E-state index contributed by atoms with van der Waals surface area (Å²) >= 11 is 0. The van der Waals surface area contributed by atoms with Crippen LogP contribution in [-0.2, 0) is 0 Å². The number of furan rings is 1. The molecular weight excluding hydrogens is 426 g/mol. The summed E-state index contributed by atoms with van der Waals surface area (Å²) in [6, 6.07) is 16.2. The molecule has 0 aliphatic heterocycles. The smallest absolute Gasteiger partial charge is 0.290 e. The maximum atomic E-state index is 13.7. The van der Waals surface area contributed by atoms with Crippen LogP contribution in [0.5, 0.6) is 0 Å². The van der Waals surface area contributed by atoms with Crippen molar-refractivity contribution in [3.63, 3.8) is 0 Å². The number of para-hydroxylation sites is 1. The van der Waals surface area contributed by atoms with Gasteiger partial charge >= 0.3 is 0 Å². The van der Waals surface area contributed by atoms with Crippen LogP contribution in [0.15, 0.2) is 70.1 Å². The number of hydrogen-bond acceptors (Lipinski definition) is 4. The SMILES string of the molecule is CCCCCN(C(=O)c1ccco1)C(C)c1nc2ccccc2c(=O)n1-c1ccc(C)c(C)c1. The van der Waals surface area contributed by atoms with Crippen LogP contribution < -0.4 is 5.56 Å². The Morgan fingerprint density at radius 2 is 1.85 bits per heavy atom. The van der Waals surface area contributed by atoms with Crippen molar-refractivity contribution >= 4 is 16.8 Å². The number of aryl methyl sites for hydroxylation is 2. The van der Waals surface area contributed by atoms with Gasteiger partial charge < -0.3 is 9.32 Å². The molecule has 0 fully saturated rings. The zero-order valence-corrected chi connectivity index (χ0v) is 20.2. The number of nitrogens with zero attached hydrogens (tertiary/aromatic N) is 3. The summed E-state index contributed by atoms with van der Waals surface area (Å²) in [5.41, 5.74) is 3.45. The lowest BCUT2D eigenvalue weighted by Gasteiger charge is -2.30. The summed E-state index contributed by atoms with van der Waals surface area (Å²) in [5.74, 6) is 0.607. The first kappa shape index (κ1) is 23.5. The Morgan fingerprint density at radius 1 is 1.06 bits per heavy atom. The Kier molecular flexibility index (Phi) is 6.96. The number of hydrogen-bond donors (Lipinski definition) is 0. The topological polar surface area (TPSA) is 68.3 Å². The maximum absolute atomic E-state index is 13.7. The van der Waals surface area contributed by atoms with Gasteiger partial charge in [-0.3, -0.25) is 14.2 Å². The van der Waals surface area contributed by atoms with Crippen molar-refractivity contribution in [2.75, 3.05) is 6.54 Å². The summed E-state index contributed by atoms with van der Waals surface area (Å²) < 4.78 is 7.08. The van der Waals surface area contributed by atoms with Crippen LogP contribution >= 0.6 is 0 Å². The predicted molar refractivity (Wildman–Crippen MR) is 134 cm³/mol. The molecule has 6 nitrogen and oxygen atoms in total. The quantitative estimate of drug-likeness (QED) is 0.305. The van der Waals surface area contributed by atoms with E-state index in [0.29, 0.717) is 23.3 Å². The van der Waals surface area contributed by atoms with Gasteiger partial charge in [0.1, 0.15) is 5.82 Å². The molecule has 0 N–H and O–H groups in total. The Morgan fingerprint density at radius 3 is 2.56 bits per heavy atom. The number of benzene rings is 2. The van der Waals surface area contributed by atoms with E-state index in [9.17, 15) is 9.59 Å². The molecule has 0 saturated carbocycles. The molecule has 0 spiro atoms. The highest BCUT2D eigenvalue weighted by atomic mass is 16.3. The third-order valence-electron chi connectivity index (χ3n) is 6.39. The number of unbranched alkanes of at least 4 members (excludes halogenated alkanes) is 2. The molecule has 0 aliphatic carbocycles. The largest absolute Gasteiger partial charge is 0.459 e. The average Bonchev–Trinajstić information content (AvgIpc) is 3.38. The van der Waals surface area contributed by atoms with Gasteiger partial charge in [-0.2, -0.15) is 0 Å². The number of amides is 1. The van der Waals surface area contributed by atoms with E-state index in [2.05, 4.69) is 6.92 Å². The van der Waals surface area contributed by atoms with Crippen molar-refractivity contribution in [1.82, 2.24) is 14.5 Å². The second kappa shape index (κ2) is 10.1. The van der Waals surface area contributed by atoms with E-state index in [1.165, 1.54) is 6.26 Å². The monoisotopic (exact) mass is 457 g/mol. The van der Waals surface area contributed by atoms with Crippen molar-refractivity contribution in [3.8, 4) is 5.69 Å². The molecule has 2 aromatic heterocycles. The molecular formula is C28H31N3O3. The van der Waals surface area contributed by atoms with Crippen molar-refractivity contribution in [3.05, 3.63) is 93.9 Å². The summed E-state index contributed by atoms with van der Waals surface area (Å²) in [7, 11) is 0. The Hall–Kier alpha value is -3.67. The van der Waals surface area contributed by atoms with Gasteiger partial charge in [0, 0.05) is 6.54 Å². The van der Waals surface area contributed by atoms with E-state index in [0.717, 1.165) is 36.1 Å². The van der Waals surface area contributed by atoms with Gasteiger partial charge in [-0.05, 0) is 74.7 Å². The van der Waals surface area contributed by atoms with Crippen LogP contribution in [0.2, 0.25) is 0 Å². The Balaban J connectivity index is 1.90. The fourth-order valence-electron chi connectivity index (χ4n) is 4.23. The summed E-state index contributed by atoms with van der Waals surface area (Å²) in [6.45, 7) is 8.68. The number of carbonyl (C=O) groups is 1. The molecule has 1 atom stereocenters. The maximum Gasteiger partial charge on any atom is 0.290 e. The molecule has 0 aliphatic rings. The second-order valence-corrected chi connectivity index (χ2v) is 8.76. The molecule has 2 aromatic carbocycles. The third-order valence-corrected chi connectivity index (χ3v) is 6.39. The molecule has 176 valence electrons. The van der Waals surface area contributed by atoms with Crippen LogP contribution in [0.3, 0.4) is 0 Å². The second-order valence-electron chi connectivity index (χ2n) is 8.76. The average molecular weight is 458 g/mol. The molecule has 0 saturated heterocycles. The molecule has 0 bridgehead atoms. The van der Waals surface area contributed by atoms with E-state index in [1.54, 1.807) is 27.7 Å². The van der Waals surface area contributed by atoms with E-state index < -0.39 is 6.04 Å². The van der Waals surface area contributed by atoms with Crippen molar-refractivity contribution in [2.45, 2.75) is 53.0 Å². The van der Waals surface area contributed by atoms with Crippen LogP contribution in [0.25, 0.3) is 16.6 Å². The highest BCUT2D eigenvalue weighted by Gasteiger charge is 2.28. The van der Waals surface area contributed by atoms with Crippen molar-refractivity contribution < 1.29 is 9.21 Å². The molecule has 1 amide bonds. The summed E-state index contributed by atoms with van der Waals surface area (Å²) in [4.78, 5) is 33.8. The van der Waals surface area contributed by atoms with E-state index in [-0.39, 0.29) is 17.2 Å². The zero-order chi connectivity index (χ0) is 24.2. The molecule has 4 aromatic rings. The lowest BCUT2D eigenvalue weighted by Crippen LogP contribution is -2.38. The Bertz CT molecular complexity index is 1360. The fourth-order valence-corrected chi connectivity index (χ4v) is 4.23. The third kappa shape index (κ3) is 4.53. The van der Waals surface area contributed by atoms with Gasteiger partial charge in [0.15, 0.2) is 5.76 Å². The Labute approximate surface area is 199 Å². The van der Waals surface area contributed by atoms with E-state index in [4.69, 9.17) is 9.40 Å². The van der Waals surface area contributed by atoms with Crippen LogP contribution in [0.1, 0.15) is 66.7 Å². The zero-order valence-electron chi connectivity index (χ0n) is 20.2. The van der Waals surface area contributed by atoms with Gasteiger partial charge in [0.25, 0.3) is 11.5 Å².